The van der Waals surface area contributed by atoms with Gasteiger partial charge in [0, 0.05) is 27.4 Å². The van der Waals surface area contributed by atoms with Gasteiger partial charge in [-0.15, -0.1) is 0 Å². The van der Waals surface area contributed by atoms with E-state index in [1.54, 1.807) is 30.5 Å². The van der Waals surface area contributed by atoms with Crippen molar-refractivity contribution >= 4 is 58.1 Å². The van der Waals surface area contributed by atoms with Crippen molar-refractivity contribution in [1.29, 1.82) is 0 Å². The minimum atomic E-state index is -0.261. The number of rotatable bonds is 3. The van der Waals surface area contributed by atoms with Gasteiger partial charge >= 0.3 is 4.87 Å². The number of aliphatic imine (C=N–C) groups is 1. The van der Waals surface area contributed by atoms with Crippen molar-refractivity contribution < 1.29 is 5.11 Å². The van der Waals surface area contributed by atoms with Gasteiger partial charge in [0.05, 0.1) is 17.1 Å². The van der Waals surface area contributed by atoms with Crippen LogP contribution in [-0.2, 0) is 6.54 Å². The molecule has 1 N–H and O–H groups in total. The topological polar surface area (TPSA) is 54.6 Å². The predicted octanol–water partition coefficient (Wildman–Crippen LogP) is 5.23. The molecule has 0 aliphatic carbocycles. The summed E-state index contributed by atoms with van der Waals surface area (Å²) in [5.74, 6) is -0.0868. The van der Waals surface area contributed by atoms with Gasteiger partial charge in [-0.25, -0.2) is 0 Å². The zero-order valence-electron chi connectivity index (χ0n) is 13.3. The second kappa shape index (κ2) is 6.76. The van der Waals surface area contributed by atoms with Crippen molar-refractivity contribution in [2.75, 3.05) is 0 Å². The fourth-order valence-corrected chi connectivity index (χ4v) is 4.07. The molecule has 4 rings (SSSR count). The van der Waals surface area contributed by atoms with E-state index in [2.05, 4.69) is 4.99 Å². The molecule has 0 saturated carbocycles. The summed E-state index contributed by atoms with van der Waals surface area (Å²) >= 11 is 13.1. The van der Waals surface area contributed by atoms with Gasteiger partial charge in [-0.05, 0) is 29.8 Å². The van der Waals surface area contributed by atoms with Crippen LogP contribution in [0.25, 0.3) is 11.6 Å². The third kappa shape index (κ3) is 3.09. The lowest BCUT2D eigenvalue weighted by atomic mass is 10.1. The first-order valence-electron chi connectivity index (χ1n) is 7.74. The Balaban J connectivity index is 1.71. The maximum Gasteiger partial charge on any atom is 0.310 e. The number of halogens is 2. The third-order valence-electron chi connectivity index (χ3n) is 4.08. The highest BCUT2D eigenvalue weighted by Crippen LogP contribution is 2.34. The minimum Gasteiger partial charge on any atom is -0.493 e. The quantitative estimate of drug-likeness (QED) is 0.651. The molecule has 0 spiro atoms. The van der Waals surface area contributed by atoms with Crippen LogP contribution >= 0.6 is 34.5 Å². The van der Waals surface area contributed by atoms with Crippen molar-refractivity contribution in [3.8, 4) is 5.88 Å². The summed E-state index contributed by atoms with van der Waals surface area (Å²) in [6, 6.07) is 12.8. The number of fused-ring (bicyclic) bond motifs is 1. The van der Waals surface area contributed by atoms with Gasteiger partial charge in [-0.1, -0.05) is 58.8 Å². The largest absolute Gasteiger partial charge is 0.493 e. The lowest BCUT2D eigenvalue weighted by molar-refractivity contribution is 0.420. The van der Waals surface area contributed by atoms with Gasteiger partial charge in [0.2, 0.25) is 5.88 Å². The molecule has 0 unspecified atom stereocenters. The van der Waals surface area contributed by atoms with Crippen LogP contribution in [-0.4, -0.2) is 15.9 Å². The highest BCUT2D eigenvalue weighted by atomic mass is 35.5. The molecule has 1 aliphatic rings. The van der Waals surface area contributed by atoms with Crippen molar-refractivity contribution in [3.63, 3.8) is 0 Å². The van der Waals surface area contributed by atoms with Crippen LogP contribution in [0.2, 0.25) is 10.0 Å². The molecule has 2 aromatic carbocycles. The van der Waals surface area contributed by atoms with Gasteiger partial charge in [0.25, 0.3) is 0 Å². The monoisotopic (exact) mass is 402 g/mol. The summed E-state index contributed by atoms with van der Waals surface area (Å²) in [6.07, 6.45) is 3.51. The molecule has 0 atom stereocenters. The Morgan fingerprint density at radius 1 is 1.19 bits per heavy atom. The van der Waals surface area contributed by atoms with Crippen LogP contribution in [0, 0.1) is 0 Å². The smallest absolute Gasteiger partial charge is 0.310 e. The fourth-order valence-electron chi connectivity index (χ4n) is 2.76. The van der Waals surface area contributed by atoms with Crippen LogP contribution in [0.4, 0.5) is 5.69 Å². The van der Waals surface area contributed by atoms with E-state index >= 15 is 0 Å². The highest BCUT2D eigenvalue weighted by Gasteiger charge is 2.17. The molecule has 7 heteroatoms. The maximum absolute atomic E-state index is 12.4. The molecule has 4 nitrogen and oxygen atoms in total. The average molecular weight is 403 g/mol. The Labute approximate surface area is 163 Å². The third-order valence-corrected chi connectivity index (χ3v) is 5.58. The Morgan fingerprint density at radius 3 is 2.81 bits per heavy atom. The summed E-state index contributed by atoms with van der Waals surface area (Å²) in [5, 5.41) is 11.5. The highest BCUT2D eigenvalue weighted by molar-refractivity contribution is 7.10. The van der Waals surface area contributed by atoms with E-state index in [0.717, 1.165) is 28.2 Å². The summed E-state index contributed by atoms with van der Waals surface area (Å²) in [5.41, 5.74) is 3.41. The van der Waals surface area contributed by atoms with Crippen molar-refractivity contribution in [2.45, 2.75) is 6.54 Å². The van der Waals surface area contributed by atoms with Crippen LogP contribution in [0.3, 0.4) is 0 Å². The SMILES string of the molecule is O=c1sc(/C=C2\C=Nc3ccccc32)c(O)n1Cc1ccc(Cl)cc1Cl. The molecule has 3 aromatic rings. The summed E-state index contributed by atoms with van der Waals surface area (Å²) in [7, 11) is 0. The molecule has 0 fully saturated rings. The molecular formula is C19H12Cl2N2O2S. The maximum atomic E-state index is 12.4. The van der Waals surface area contributed by atoms with Gasteiger partial charge in [-0.3, -0.25) is 14.4 Å². The molecule has 2 heterocycles. The molecule has 0 bridgehead atoms. The number of aromatic nitrogens is 1. The Kier molecular flexibility index (Phi) is 4.44. The van der Waals surface area contributed by atoms with Gasteiger partial charge in [-0.2, -0.15) is 0 Å². The van der Waals surface area contributed by atoms with E-state index in [9.17, 15) is 9.90 Å². The molecule has 26 heavy (non-hydrogen) atoms. The summed E-state index contributed by atoms with van der Waals surface area (Å²) < 4.78 is 1.30. The lowest BCUT2D eigenvalue weighted by Crippen LogP contribution is -2.13. The first-order chi connectivity index (χ1) is 12.5. The Hall–Kier alpha value is -2.34. The Bertz CT molecular complexity index is 1130. The zero-order chi connectivity index (χ0) is 18.3. The zero-order valence-corrected chi connectivity index (χ0v) is 15.6. The minimum absolute atomic E-state index is 0.0868. The summed E-state index contributed by atoms with van der Waals surface area (Å²) in [6.45, 7) is 0.172. The molecule has 0 amide bonds. The standard InChI is InChI=1S/C19H12Cl2N2O2S/c20-13-6-5-11(15(21)8-13)10-23-18(24)17(26-19(23)25)7-12-9-22-16-4-2-1-3-14(12)16/h1-9,24H,10H2/b12-7+. The van der Waals surface area contributed by atoms with Crippen molar-refractivity contribution in [2.24, 2.45) is 4.99 Å². The predicted molar refractivity (Wildman–Crippen MR) is 108 cm³/mol. The van der Waals surface area contributed by atoms with Crippen LogP contribution in [0.15, 0.2) is 52.3 Å². The summed E-state index contributed by atoms with van der Waals surface area (Å²) in [4.78, 5) is 16.9. The number of allylic oxidation sites excluding steroid dienone is 1. The van der Waals surface area contributed by atoms with Crippen LogP contribution in [0.1, 0.15) is 16.0 Å². The van der Waals surface area contributed by atoms with Gasteiger partial charge in [0.15, 0.2) is 0 Å². The normalized spacial score (nSPS) is 14.2. The van der Waals surface area contributed by atoms with Crippen LogP contribution < -0.4 is 4.87 Å². The Morgan fingerprint density at radius 2 is 2.00 bits per heavy atom. The number of aromatic hydroxyl groups is 1. The second-order valence-electron chi connectivity index (χ2n) is 5.75. The number of hydrogen-bond acceptors (Lipinski definition) is 4. The number of hydrogen-bond donors (Lipinski definition) is 1. The van der Waals surface area contributed by atoms with E-state index in [1.807, 2.05) is 24.3 Å². The van der Waals surface area contributed by atoms with Gasteiger partial charge < -0.3 is 5.11 Å². The first kappa shape index (κ1) is 17.1. The molecule has 0 saturated heterocycles. The van der Waals surface area contributed by atoms with Gasteiger partial charge in [0.1, 0.15) is 0 Å². The number of nitrogens with zero attached hydrogens (tertiary/aromatic N) is 2. The second-order valence-corrected chi connectivity index (χ2v) is 7.59. The number of para-hydroxylation sites is 1. The average Bonchev–Trinajstić information content (AvgIpc) is 3.14. The molecule has 1 aliphatic heterocycles. The lowest BCUT2D eigenvalue weighted by Gasteiger charge is -2.06. The number of thiazole rings is 1. The van der Waals surface area contributed by atoms with E-state index < -0.39 is 0 Å². The van der Waals surface area contributed by atoms with Crippen molar-refractivity contribution in [1.82, 2.24) is 4.57 Å². The molecular weight excluding hydrogens is 391 g/mol. The first-order valence-corrected chi connectivity index (χ1v) is 9.32. The van der Waals surface area contributed by atoms with E-state index in [4.69, 9.17) is 23.2 Å². The molecule has 0 radical (unpaired) electrons. The van der Waals surface area contributed by atoms with Crippen LogP contribution in [0.5, 0.6) is 5.88 Å². The van der Waals surface area contributed by atoms with E-state index in [-0.39, 0.29) is 17.3 Å². The van der Waals surface area contributed by atoms with Crippen molar-refractivity contribution in [3.05, 3.63) is 78.2 Å². The molecule has 130 valence electrons. The molecule has 1 aromatic heterocycles. The number of benzene rings is 2. The van der Waals surface area contributed by atoms with E-state index in [0.29, 0.717) is 20.5 Å². The fraction of sp³-hybridized carbons (Fsp3) is 0.0526. The van der Waals surface area contributed by atoms with E-state index in [1.165, 1.54) is 4.57 Å².